The Morgan fingerprint density at radius 2 is 1.31 bits per heavy atom. The first-order valence-electron chi connectivity index (χ1n) is 5.69. The summed E-state index contributed by atoms with van der Waals surface area (Å²) >= 11 is 0. The number of rotatable bonds is 2. The lowest BCUT2D eigenvalue weighted by Crippen LogP contribution is -2.31. The number of hydrogen-bond acceptors (Lipinski definition) is 1. The van der Waals surface area contributed by atoms with Crippen LogP contribution in [0.4, 0.5) is 0 Å². The van der Waals surface area contributed by atoms with E-state index in [9.17, 15) is 0 Å². The minimum Gasteiger partial charge on any atom is -0.381 e. The van der Waals surface area contributed by atoms with Crippen LogP contribution in [-0.4, -0.2) is 13.2 Å². The summed E-state index contributed by atoms with van der Waals surface area (Å²) in [5.41, 5.74) is 0. The maximum absolute atomic E-state index is 5.00. The van der Waals surface area contributed by atoms with E-state index in [1.165, 1.54) is 12.8 Å². The Balaban J connectivity index is 0.000000132. The molecule has 0 N–H and O–H groups in total. The van der Waals surface area contributed by atoms with Gasteiger partial charge in [0.25, 0.3) is 0 Å². The number of hydrogen-bond donors (Lipinski definition) is 0. The standard InChI is InChI=1S/C6H12O.C6H12/c1-5(2)6-3-7-4-6;1-5(2)6-3-4-6/h5-6H,3-4H2,1-2H3;5-6H,3-4H2,1-2H3. The third-order valence-electron chi connectivity index (χ3n) is 3.17. The SMILES string of the molecule is CC(C)C1CC1.CC(C)C1COC1. The van der Waals surface area contributed by atoms with Crippen LogP contribution in [0.3, 0.4) is 0 Å². The molecule has 0 unspecified atom stereocenters. The molecule has 0 spiro atoms. The van der Waals surface area contributed by atoms with Crippen molar-refractivity contribution in [3.8, 4) is 0 Å². The molecule has 1 aliphatic carbocycles. The summed E-state index contributed by atoms with van der Waals surface area (Å²) < 4.78 is 5.00. The van der Waals surface area contributed by atoms with E-state index < -0.39 is 0 Å². The van der Waals surface area contributed by atoms with Crippen LogP contribution in [0.15, 0.2) is 0 Å². The molecule has 0 aromatic carbocycles. The van der Waals surface area contributed by atoms with Gasteiger partial charge >= 0.3 is 0 Å². The van der Waals surface area contributed by atoms with Crippen molar-refractivity contribution >= 4 is 0 Å². The topological polar surface area (TPSA) is 9.23 Å². The lowest BCUT2D eigenvalue weighted by molar-refractivity contribution is -0.0534. The molecule has 1 heteroatoms. The van der Waals surface area contributed by atoms with Crippen LogP contribution >= 0.6 is 0 Å². The summed E-state index contributed by atoms with van der Waals surface area (Å²) in [6, 6.07) is 0. The van der Waals surface area contributed by atoms with Gasteiger partial charge in [0.2, 0.25) is 0 Å². The van der Waals surface area contributed by atoms with Crippen LogP contribution < -0.4 is 0 Å². The zero-order chi connectivity index (χ0) is 9.84. The molecule has 2 fully saturated rings. The quantitative estimate of drug-likeness (QED) is 0.639. The lowest BCUT2D eigenvalue weighted by Gasteiger charge is -2.29. The summed E-state index contributed by atoms with van der Waals surface area (Å²) in [5.74, 6) is 3.75. The molecule has 1 saturated carbocycles. The van der Waals surface area contributed by atoms with E-state index in [-0.39, 0.29) is 0 Å². The van der Waals surface area contributed by atoms with Gasteiger partial charge in [-0.15, -0.1) is 0 Å². The average Bonchev–Trinajstić information content (AvgIpc) is 2.60. The summed E-state index contributed by atoms with van der Waals surface area (Å²) in [6.45, 7) is 11.1. The first kappa shape index (κ1) is 11.0. The minimum absolute atomic E-state index is 0.828. The largest absolute Gasteiger partial charge is 0.381 e. The molecule has 1 heterocycles. The molecule has 0 amide bonds. The first-order valence-corrected chi connectivity index (χ1v) is 5.69. The van der Waals surface area contributed by atoms with Gasteiger partial charge in [-0.05, 0) is 30.6 Å². The molecule has 2 aliphatic rings. The fourth-order valence-electron chi connectivity index (χ4n) is 1.40. The van der Waals surface area contributed by atoms with Crippen LogP contribution in [0, 0.1) is 23.7 Å². The van der Waals surface area contributed by atoms with Gasteiger partial charge in [-0.2, -0.15) is 0 Å². The van der Waals surface area contributed by atoms with Crippen molar-refractivity contribution < 1.29 is 4.74 Å². The third-order valence-corrected chi connectivity index (χ3v) is 3.17. The Kier molecular flexibility index (Phi) is 4.24. The van der Waals surface area contributed by atoms with E-state index in [1.807, 2.05) is 0 Å². The Hall–Kier alpha value is -0.0400. The van der Waals surface area contributed by atoms with Gasteiger partial charge in [-0.1, -0.05) is 27.7 Å². The van der Waals surface area contributed by atoms with Crippen LogP contribution in [-0.2, 0) is 4.74 Å². The highest BCUT2D eigenvalue weighted by atomic mass is 16.5. The second-order valence-corrected chi connectivity index (χ2v) is 5.12. The highest BCUT2D eigenvalue weighted by Crippen LogP contribution is 2.35. The molecular weight excluding hydrogens is 160 g/mol. The monoisotopic (exact) mass is 184 g/mol. The van der Waals surface area contributed by atoms with Gasteiger partial charge in [-0.3, -0.25) is 0 Å². The van der Waals surface area contributed by atoms with Crippen molar-refractivity contribution in [2.24, 2.45) is 23.7 Å². The van der Waals surface area contributed by atoms with Gasteiger partial charge in [0.05, 0.1) is 13.2 Å². The molecule has 0 bridgehead atoms. The Morgan fingerprint density at radius 1 is 0.846 bits per heavy atom. The molecule has 0 atom stereocenters. The predicted molar refractivity (Wildman–Crippen MR) is 56.7 cm³/mol. The zero-order valence-electron chi connectivity index (χ0n) is 9.55. The zero-order valence-corrected chi connectivity index (χ0v) is 9.55. The second kappa shape index (κ2) is 4.99. The van der Waals surface area contributed by atoms with E-state index in [2.05, 4.69) is 27.7 Å². The normalized spacial score (nSPS) is 22.6. The molecule has 1 nitrogen and oxygen atoms in total. The molecule has 78 valence electrons. The van der Waals surface area contributed by atoms with Gasteiger partial charge < -0.3 is 4.74 Å². The van der Waals surface area contributed by atoms with Crippen molar-refractivity contribution in [2.45, 2.75) is 40.5 Å². The maximum Gasteiger partial charge on any atom is 0.0518 e. The van der Waals surface area contributed by atoms with Gasteiger partial charge in [0, 0.05) is 5.92 Å². The average molecular weight is 184 g/mol. The first-order chi connectivity index (χ1) is 6.11. The Labute approximate surface area is 82.9 Å². The second-order valence-electron chi connectivity index (χ2n) is 5.12. The Bertz CT molecular complexity index is 132. The van der Waals surface area contributed by atoms with Gasteiger partial charge in [0.1, 0.15) is 0 Å². The fourth-order valence-corrected chi connectivity index (χ4v) is 1.40. The van der Waals surface area contributed by atoms with Crippen molar-refractivity contribution in [3.05, 3.63) is 0 Å². The minimum atomic E-state index is 0.828. The van der Waals surface area contributed by atoms with Crippen LogP contribution in [0.2, 0.25) is 0 Å². The lowest BCUT2D eigenvalue weighted by atomic mass is 9.95. The molecule has 13 heavy (non-hydrogen) atoms. The maximum atomic E-state index is 5.00. The third kappa shape index (κ3) is 4.12. The van der Waals surface area contributed by atoms with Crippen LogP contribution in [0.25, 0.3) is 0 Å². The Morgan fingerprint density at radius 3 is 1.31 bits per heavy atom. The highest BCUT2D eigenvalue weighted by Gasteiger charge is 2.24. The van der Waals surface area contributed by atoms with Crippen LogP contribution in [0.5, 0.6) is 0 Å². The van der Waals surface area contributed by atoms with Gasteiger partial charge in [0.15, 0.2) is 0 Å². The molecule has 0 aromatic rings. The summed E-state index contributed by atoms with van der Waals surface area (Å²) in [4.78, 5) is 0. The highest BCUT2D eigenvalue weighted by molar-refractivity contribution is 4.75. The van der Waals surface area contributed by atoms with Crippen molar-refractivity contribution in [1.82, 2.24) is 0 Å². The summed E-state index contributed by atoms with van der Waals surface area (Å²) in [6.07, 6.45) is 3.00. The fraction of sp³-hybridized carbons (Fsp3) is 1.00. The number of ether oxygens (including phenoxy) is 1. The smallest absolute Gasteiger partial charge is 0.0518 e. The van der Waals surface area contributed by atoms with Crippen LogP contribution in [0.1, 0.15) is 40.5 Å². The molecule has 2 rings (SSSR count). The molecule has 1 aliphatic heterocycles. The molecule has 0 aromatic heterocycles. The van der Waals surface area contributed by atoms with E-state index in [0.29, 0.717) is 0 Å². The molecule has 0 radical (unpaired) electrons. The summed E-state index contributed by atoms with van der Waals surface area (Å²) in [7, 11) is 0. The summed E-state index contributed by atoms with van der Waals surface area (Å²) in [5, 5.41) is 0. The van der Waals surface area contributed by atoms with Crippen molar-refractivity contribution in [3.63, 3.8) is 0 Å². The van der Waals surface area contributed by atoms with Crippen molar-refractivity contribution in [2.75, 3.05) is 13.2 Å². The van der Waals surface area contributed by atoms with Crippen molar-refractivity contribution in [1.29, 1.82) is 0 Å². The van der Waals surface area contributed by atoms with E-state index >= 15 is 0 Å². The molecule has 1 saturated heterocycles. The van der Waals surface area contributed by atoms with E-state index in [0.717, 1.165) is 36.9 Å². The predicted octanol–water partition coefficient (Wildman–Crippen LogP) is 3.34. The van der Waals surface area contributed by atoms with Gasteiger partial charge in [-0.25, -0.2) is 0 Å². The molecular formula is C12H24O. The van der Waals surface area contributed by atoms with E-state index in [4.69, 9.17) is 4.74 Å². The van der Waals surface area contributed by atoms with E-state index in [1.54, 1.807) is 0 Å².